The van der Waals surface area contributed by atoms with E-state index in [4.69, 9.17) is 4.84 Å². The van der Waals surface area contributed by atoms with Gasteiger partial charge in [0, 0.05) is 38.4 Å². The third kappa shape index (κ3) is 3.33. The standard InChI is InChI=1S/C37H39N2OSSi/c1-22-13-15-28-29-16-14-23(2)18-31(29)38(30(28)17-22)33-27-12-10-9-11-25(27)20-32-34(33)40-39(5,6)37(4)21-26-19-24(3)41-35(26)36(37)42(32,7)8/h9-18,20-21,24H,19H2,1-8H3/q+1/t24?,37-/m0/s1. The Kier molecular flexibility index (Phi) is 5.30. The van der Waals surface area contributed by atoms with Crippen LogP contribution in [0.2, 0.25) is 13.1 Å². The maximum Gasteiger partial charge on any atom is 0.214 e. The largest absolute Gasteiger partial charge is 0.313 e. The molecular formula is C37H39N2OSSi+. The van der Waals surface area contributed by atoms with E-state index >= 15 is 0 Å². The molecule has 2 aliphatic heterocycles. The van der Waals surface area contributed by atoms with Crippen LogP contribution in [0, 0.1) is 13.8 Å². The van der Waals surface area contributed by atoms with Gasteiger partial charge in [0.2, 0.25) is 5.75 Å². The summed E-state index contributed by atoms with van der Waals surface area (Å²) in [6, 6.07) is 25.2. The zero-order chi connectivity index (χ0) is 29.3. The Morgan fingerprint density at radius 2 is 1.55 bits per heavy atom. The zero-order valence-electron chi connectivity index (χ0n) is 25.9. The summed E-state index contributed by atoms with van der Waals surface area (Å²) in [5, 5.41) is 8.75. The minimum absolute atomic E-state index is 0.218. The molecule has 3 heterocycles. The van der Waals surface area contributed by atoms with Crippen molar-refractivity contribution in [1.29, 1.82) is 0 Å². The molecular weight excluding hydrogens is 549 g/mol. The van der Waals surface area contributed by atoms with E-state index < -0.39 is 8.07 Å². The highest BCUT2D eigenvalue weighted by Gasteiger charge is 2.60. The first-order valence-electron chi connectivity index (χ1n) is 15.2. The molecule has 0 bridgehead atoms. The highest BCUT2D eigenvalue weighted by molar-refractivity contribution is 8.04. The molecule has 1 unspecified atom stereocenters. The van der Waals surface area contributed by atoms with Crippen LogP contribution >= 0.6 is 11.8 Å². The molecule has 0 radical (unpaired) electrons. The van der Waals surface area contributed by atoms with Crippen molar-refractivity contribution in [3.05, 3.63) is 99.6 Å². The van der Waals surface area contributed by atoms with E-state index in [0.717, 1.165) is 12.2 Å². The van der Waals surface area contributed by atoms with E-state index in [1.165, 1.54) is 60.2 Å². The summed E-state index contributed by atoms with van der Waals surface area (Å²) in [6.07, 6.45) is 3.72. The fraction of sp³-hybridized carbons (Fsp3) is 0.297. The van der Waals surface area contributed by atoms with E-state index in [1.54, 1.807) is 10.1 Å². The maximum atomic E-state index is 7.47. The molecule has 0 saturated carbocycles. The normalized spacial score (nSPS) is 24.0. The molecule has 5 heteroatoms. The third-order valence-corrected chi connectivity index (χ3v) is 15.5. The number of rotatable bonds is 1. The summed E-state index contributed by atoms with van der Waals surface area (Å²) >= 11 is 2.10. The van der Waals surface area contributed by atoms with E-state index in [2.05, 4.69) is 144 Å². The first-order chi connectivity index (χ1) is 19.9. The zero-order valence-corrected chi connectivity index (χ0v) is 27.7. The number of quaternary nitrogens is 1. The van der Waals surface area contributed by atoms with Crippen molar-refractivity contribution >= 4 is 57.6 Å². The molecule has 3 aliphatic rings. The highest BCUT2D eigenvalue weighted by Crippen LogP contribution is 2.57. The Bertz CT molecular complexity index is 2020. The molecule has 1 aliphatic carbocycles. The minimum Gasteiger partial charge on any atom is -0.313 e. The first kappa shape index (κ1) is 26.4. The van der Waals surface area contributed by atoms with Crippen molar-refractivity contribution in [3.63, 3.8) is 0 Å². The van der Waals surface area contributed by atoms with Crippen molar-refractivity contribution in [2.45, 2.75) is 58.0 Å². The van der Waals surface area contributed by atoms with Gasteiger partial charge in [-0.15, -0.1) is 16.4 Å². The number of hydrogen-bond donors (Lipinski definition) is 0. The van der Waals surface area contributed by atoms with Gasteiger partial charge < -0.3 is 9.40 Å². The van der Waals surface area contributed by atoms with Gasteiger partial charge in [-0.25, -0.2) is 0 Å². The van der Waals surface area contributed by atoms with Crippen LogP contribution in [0.25, 0.3) is 38.3 Å². The molecule has 1 fully saturated rings. The Morgan fingerprint density at radius 1 is 0.905 bits per heavy atom. The number of aromatic nitrogens is 1. The van der Waals surface area contributed by atoms with Gasteiger partial charge >= 0.3 is 0 Å². The fourth-order valence-corrected chi connectivity index (χ4v) is 14.2. The van der Waals surface area contributed by atoms with Crippen molar-refractivity contribution in [3.8, 4) is 11.4 Å². The molecule has 4 aromatic carbocycles. The van der Waals surface area contributed by atoms with Crippen LogP contribution in [0.5, 0.6) is 5.75 Å². The van der Waals surface area contributed by atoms with Crippen molar-refractivity contribution in [2.75, 3.05) is 14.1 Å². The number of hydrogen-bond acceptors (Lipinski definition) is 2. The van der Waals surface area contributed by atoms with Crippen molar-refractivity contribution in [1.82, 2.24) is 4.57 Å². The summed E-state index contributed by atoms with van der Waals surface area (Å²) in [5.74, 6) is 1.05. The lowest BCUT2D eigenvalue weighted by atomic mass is 10.0. The SMILES string of the molecule is Cc1ccc2c3ccc(C)cc3n(-c3c4c(cc5ccccc35)[Si](C)(C)C3=C5SC(C)CC5=C[C@]3(C)[N+](C)(C)O4)c2c1. The van der Waals surface area contributed by atoms with Crippen LogP contribution in [0.3, 0.4) is 0 Å². The summed E-state index contributed by atoms with van der Waals surface area (Å²) in [7, 11) is 2.31. The molecule has 0 spiro atoms. The van der Waals surface area contributed by atoms with Gasteiger partial charge in [-0.1, -0.05) is 74.6 Å². The Morgan fingerprint density at radius 3 is 2.21 bits per heavy atom. The fourth-order valence-electron chi connectivity index (χ4n) is 8.07. The highest BCUT2D eigenvalue weighted by atomic mass is 32.2. The summed E-state index contributed by atoms with van der Waals surface area (Å²) in [6.45, 7) is 14.3. The van der Waals surface area contributed by atoms with Gasteiger partial charge in [-0.05, 0) is 65.8 Å². The Balaban J connectivity index is 1.56. The quantitative estimate of drug-likeness (QED) is 0.144. The number of aryl methyl sites for hydroxylation is 2. The van der Waals surface area contributed by atoms with Gasteiger partial charge in [-0.3, -0.25) is 0 Å². The molecule has 0 amide bonds. The predicted molar refractivity (Wildman–Crippen MR) is 183 cm³/mol. The molecule has 1 aromatic heterocycles. The maximum absolute atomic E-state index is 7.47. The summed E-state index contributed by atoms with van der Waals surface area (Å²) in [5.41, 5.74) is 7.50. The third-order valence-electron chi connectivity index (χ3n) is 10.3. The number of benzene rings is 4. The molecule has 8 rings (SSSR count). The van der Waals surface area contributed by atoms with E-state index in [0.29, 0.717) is 9.90 Å². The smallest absolute Gasteiger partial charge is 0.214 e. The predicted octanol–water partition coefficient (Wildman–Crippen LogP) is 8.87. The van der Waals surface area contributed by atoms with E-state index in [-0.39, 0.29) is 5.54 Å². The van der Waals surface area contributed by atoms with Gasteiger partial charge in [-0.2, -0.15) is 0 Å². The minimum atomic E-state index is -2.23. The molecule has 212 valence electrons. The van der Waals surface area contributed by atoms with Crippen LogP contribution in [-0.2, 0) is 0 Å². The van der Waals surface area contributed by atoms with Gasteiger partial charge in [0.15, 0.2) is 5.54 Å². The van der Waals surface area contributed by atoms with Crippen LogP contribution in [-0.4, -0.2) is 42.2 Å². The second-order valence-corrected chi connectivity index (χ2v) is 19.7. The van der Waals surface area contributed by atoms with E-state index in [9.17, 15) is 0 Å². The van der Waals surface area contributed by atoms with Gasteiger partial charge in [0.05, 0.1) is 11.0 Å². The van der Waals surface area contributed by atoms with Crippen molar-refractivity contribution < 1.29 is 9.48 Å². The van der Waals surface area contributed by atoms with Gasteiger partial charge in [0.1, 0.15) is 27.9 Å². The Hall–Kier alpha value is -3.25. The topological polar surface area (TPSA) is 14.2 Å². The molecule has 2 atom stereocenters. The molecule has 42 heavy (non-hydrogen) atoms. The summed E-state index contributed by atoms with van der Waals surface area (Å²) in [4.78, 5) is 9.03. The van der Waals surface area contributed by atoms with Crippen LogP contribution in [0.1, 0.15) is 31.4 Å². The second-order valence-electron chi connectivity index (χ2n) is 13.9. The number of allylic oxidation sites excluding steroid dienone is 1. The van der Waals surface area contributed by atoms with Crippen LogP contribution < -0.4 is 10.0 Å². The number of thioether (sulfide) groups is 1. The average molecular weight is 588 g/mol. The molecule has 0 N–H and O–H groups in total. The lowest BCUT2D eigenvalue weighted by Crippen LogP contribution is -2.61. The average Bonchev–Trinajstić information content (AvgIpc) is 3.51. The van der Waals surface area contributed by atoms with E-state index in [1.807, 2.05) is 0 Å². The van der Waals surface area contributed by atoms with Crippen molar-refractivity contribution in [2.24, 2.45) is 0 Å². The lowest BCUT2D eigenvalue weighted by molar-refractivity contribution is -1.08. The molecule has 3 nitrogen and oxygen atoms in total. The molecule has 1 saturated heterocycles. The number of likely N-dealkylation sites (N-methyl/N-ethyl adjacent to an activating group) is 1. The van der Waals surface area contributed by atoms with Gasteiger partial charge in [0.25, 0.3) is 0 Å². The number of fused-ring (bicyclic) bond motifs is 7. The van der Waals surface area contributed by atoms with Crippen LogP contribution in [0.4, 0.5) is 0 Å². The lowest BCUT2D eigenvalue weighted by Gasteiger charge is -2.42. The number of nitrogens with zero attached hydrogens (tertiary/aromatic N) is 2. The monoisotopic (exact) mass is 587 g/mol. The summed E-state index contributed by atoms with van der Waals surface area (Å²) < 4.78 is 2.96. The number of hydroxylamine groups is 3. The second kappa shape index (κ2) is 8.43. The first-order valence-corrected chi connectivity index (χ1v) is 19.0. The van der Waals surface area contributed by atoms with Crippen LogP contribution in [0.15, 0.2) is 88.5 Å². The Labute approximate surface area is 254 Å². The molecule has 5 aromatic rings.